The highest BCUT2D eigenvalue weighted by atomic mass is 127. The first kappa shape index (κ1) is 25.6. The third-order valence-corrected chi connectivity index (χ3v) is 5.52. The van der Waals surface area contributed by atoms with Crippen molar-refractivity contribution in [1.82, 2.24) is 25.5 Å². The van der Waals surface area contributed by atoms with E-state index in [-0.39, 0.29) is 29.9 Å². The first-order valence-electron chi connectivity index (χ1n) is 9.79. The first-order chi connectivity index (χ1) is 14.4. The molecule has 31 heavy (non-hydrogen) atoms. The molecule has 0 radical (unpaired) electrons. The van der Waals surface area contributed by atoms with Gasteiger partial charge in [0.25, 0.3) is 0 Å². The van der Waals surface area contributed by atoms with Gasteiger partial charge in [-0.1, -0.05) is 0 Å². The maximum Gasteiger partial charge on any atom is 0.433 e. The third-order valence-electron chi connectivity index (χ3n) is 4.78. The van der Waals surface area contributed by atoms with Crippen molar-refractivity contribution in [3.63, 3.8) is 0 Å². The fraction of sp³-hybridized carbons (Fsp3) is 0.526. The van der Waals surface area contributed by atoms with Crippen molar-refractivity contribution in [1.29, 1.82) is 0 Å². The van der Waals surface area contributed by atoms with Crippen LogP contribution in [0, 0.1) is 0 Å². The van der Waals surface area contributed by atoms with Crippen molar-refractivity contribution in [2.24, 2.45) is 4.99 Å². The number of nitrogens with one attached hydrogen (secondary N) is 3. The van der Waals surface area contributed by atoms with E-state index in [1.807, 2.05) is 0 Å². The van der Waals surface area contributed by atoms with Crippen LogP contribution in [0.4, 0.5) is 19.1 Å². The molecule has 1 fully saturated rings. The number of hydrogen-bond donors (Lipinski definition) is 3. The van der Waals surface area contributed by atoms with Gasteiger partial charge in [-0.3, -0.25) is 9.89 Å². The van der Waals surface area contributed by atoms with Crippen LogP contribution in [0.3, 0.4) is 0 Å². The van der Waals surface area contributed by atoms with E-state index < -0.39 is 11.9 Å². The summed E-state index contributed by atoms with van der Waals surface area (Å²) in [6, 6.07) is 3.36. The van der Waals surface area contributed by atoms with Gasteiger partial charge in [-0.15, -0.1) is 24.0 Å². The van der Waals surface area contributed by atoms with E-state index in [1.165, 1.54) is 5.56 Å². The fourth-order valence-corrected chi connectivity index (χ4v) is 3.88. The number of aromatic nitrogens is 2. The molecule has 1 saturated heterocycles. The van der Waals surface area contributed by atoms with Crippen molar-refractivity contribution in [2.75, 3.05) is 38.5 Å². The monoisotopic (exact) mass is 569 g/mol. The van der Waals surface area contributed by atoms with E-state index in [1.54, 1.807) is 18.4 Å². The van der Waals surface area contributed by atoms with Crippen LogP contribution < -0.4 is 16.0 Å². The number of aliphatic imine (C=N–C) groups is 1. The summed E-state index contributed by atoms with van der Waals surface area (Å²) in [7, 11) is 1.70. The molecular weight excluding hydrogens is 542 g/mol. The molecule has 0 aliphatic carbocycles. The van der Waals surface area contributed by atoms with E-state index in [4.69, 9.17) is 0 Å². The smallest absolute Gasteiger partial charge is 0.355 e. The average molecular weight is 569 g/mol. The van der Waals surface area contributed by atoms with E-state index in [2.05, 4.69) is 52.6 Å². The molecule has 3 heterocycles. The van der Waals surface area contributed by atoms with Crippen LogP contribution in [0.2, 0.25) is 0 Å². The average Bonchev–Trinajstić information content (AvgIpc) is 3.24. The van der Waals surface area contributed by atoms with Gasteiger partial charge in [0, 0.05) is 52.0 Å². The summed E-state index contributed by atoms with van der Waals surface area (Å²) >= 11 is 1.72. The van der Waals surface area contributed by atoms with Crippen molar-refractivity contribution in [3.8, 4) is 0 Å². The highest BCUT2D eigenvalue weighted by Crippen LogP contribution is 2.27. The number of alkyl halides is 3. The molecule has 7 nitrogen and oxygen atoms in total. The number of anilines is 1. The normalized spacial score (nSPS) is 15.9. The molecule has 1 aliphatic rings. The molecular formula is C19H27F3IN7S. The Morgan fingerprint density at radius 2 is 2.03 bits per heavy atom. The summed E-state index contributed by atoms with van der Waals surface area (Å²) in [6.45, 7) is 3.88. The van der Waals surface area contributed by atoms with E-state index >= 15 is 0 Å². The molecule has 172 valence electrons. The maximum atomic E-state index is 12.7. The van der Waals surface area contributed by atoms with Gasteiger partial charge in [0.2, 0.25) is 5.95 Å². The van der Waals surface area contributed by atoms with Gasteiger partial charge in [0.05, 0.1) is 0 Å². The SMILES string of the molecule is CN=C(NCCNc1nccc(C(F)(F)F)n1)NC1CCN(Cc2ccsc2)CC1.I. The van der Waals surface area contributed by atoms with Crippen LogP contribution in [0.25, 0.3) is 0 Å². The molecule has 0 amide bonds. The standard InChI is InChI=1S/C19H26F3N7S.HI/c1-23-17(25-7-8-26-18-24-6-2-16(28-18)19(20,21)22)27-15-3-9-29(10-4-15)12-14-5-11-30-13-14;/h2,5-6,11,13,15H,3-4,7-10,12H2,1H3,(H2,23,25,27)(H,24,26,28);1H. The highest BCUT2D eigenvalue weighted by molar-refractivity contribution is 14.0. The molecule has 3 N–H and O–H groups in total. The Bertz CT molecular complexity index is 809. The molecule has 0 atom stereocenters. The van der Waals surface area contributed by atoms with Gasteiger partial charge in [0.15, 0.2) is 5.96 Å². The Morgan fingerprint density at radius 1 is 1.26 bits per heavy atom. The lowest BCUT2D eigenvalue weighted by molar-refractivity contribution is -0.141. The summed E-state index contributed by atoms with van der Waals surface area (Å²) in [5, 5.41) is 13.7. The molecule has 2 aromatic heterocycles. The van der Waals surface area contributed by atoms with Crippen molar-refractivity contribution in [2.45, 2.75) is 31.6 Å². The minimum absolute atomic E-state index is 0. The van der Waals surface area contributed by atoms with Crippen LogP contribution in [0.1, 0.15) is 24.1 Å². The number of rotatable bonds is 7. The molecule has 0 aromatic carbocycles. The zero-order valence-electron chi connectivity index (χ0n) is 17.2. The summed E-state index contributed by atoms with van der Waals surface area (Å²) in [5.74, 6) is 0.630. The van der Waals surface area contributed by atoms with Crippen LogP contribution in [0.15, 0.2) is 34.1 Å². The van der Waals surface area contributed by atoms with E-state index in [0.29, 0.717) is 25.1 Å². The Morgan fingerprint density at radius 3 is 2.68 bits per heavy atom. The fourth-order valence-electron chi connectivity index (χ4n) is 3.22. The quantitative estimate of drug-likeness (QED) is 0.206. The summed E-state index contributed by atoms with van der Waals surface area (Å²) < 4.78 is 38.1. The van der Waals surface area contributed by atoms with Crippen LogP contribution in [-0.4, -0.2) is 60.1 Å². The number of guanidine groups is 1. The van der Waals surface area contributed by atoms with Crippen molar-refractivity contribution in [3.05, 3.63) is 40.3 Å². The van der Waals surface area contributed by atoms with Crippen LogP contribution in [0.5, 0.6) is 0 Å². The lowest BCUT2D eigenvalue weighted by Gasteiger charge is -2.32. The Hall–Kier alpha value is -1.67. The lowest BCUT2D eigenvalue weighted by atomic mass is 10.0. The van der Waals surface area contributed by atoms with Crippen LogP contribution >= 0.6 is 35.3 Å². The maximum absolute atomic E-state index is 12.7. The minimum atomic E-state index is -4.48. The molecule has 0 spiro atoms. The van der Waals surface area contributed by atoms with Gasteiger partial charge in [-0.25, -0.2) is 9.97 Å². The minimum Gasteiger partial charge on any atom is -0.355 e. The number of halogens is 4. The molecule has 3 rings (SSSR count). The Balaban J connectivity index is 0.00000341. The number of nitrogens with zero attached hydrogens (tertiary/aromatic N) is 4. The second-order valence-electron chi connectivity index (χ2n) is 7.02. The molecule has 1 aliphatic heterocycles. The number of thiophene rings is 1. The zero-order valence-corrected chi connectivity index (χ0v) is 20.3. The zero-order chi connectivity index (χ0) is 21.4. The first-order valence-corrected chi connectivity index (χ1v) is 10.7. The number of likely N-dealkylation sites (tertiary alicyclic amines) is 1. The largest absolute Gasteiger partial charge is 0.433 e. The predicted molar refractivity (Wildman–Crippen MR) is 128 cm³/mol. The van der Waals surface area contributed by atoms with Gasteiger partial charge in [-0.05, 0) is 41.3 Å². The molecule has 0 bridgehead atoms. The van der Waals surface area contributed by atoms with E-state index in [9.17, 15) is 13.2 Å². The third kappa shape index (κ3) is 8.41. The van der Waals surface area contributed by atoms with Gasteiger partial charge < -0.3 is 16.0 Å². The molecule has 2 aromatic rings. The second kappa shape index (κ2) is 12.4. The van der Waals surface area contributed by atoms with Crippen molar-refractivity contribution < 1.29 is 13.2 Å². The summed E-state index contributed by atoms with van der Waals surface area (Å²) in [5.41, 5.74) is 0.400. The van der Waals surface area contributed by atoms with Gasteiger partial charge in [-0.2, -0.15) is 24.5 Å². The summed E-state index contributed by atoms with van der Waals surface area (Å²) in [6.07, 6.45) is -1.33. The number of piperidine rings is 1. The molecule has 0 saturated carbocycles. The predicted octanol–water partition coefficient (Wildman–Crippen LogP) is 3.42. The van der Waals surface area contributed by atoms with Gasteiger partial charge in [0.1, 0.15) is 5.69 Å². The topological polar surface area (TPSA) is 77.5 Å². The van der Waals surface area contributed by atoms with E-state index in [0.717, 1.165) is 44.7 Å². The highest BCUT2D eigenvalue weighted by Gasteiger charge is 2.32. The van der Waals surface area contributed by atoms with Gasteiger partial charge >= 0.3 is 6.18 Å². The van der Waals surface area contributed by atoms with Crippen molar-refractivity contribution >= 4 is 47.2 Å². The Labute approximate surface area is 201 Å². The van der Waals surface area contributed by atoms with Crippen LogP contribution in [-0.2, 0) is 12.7 Å². The Kier molecular flexibility index (Phi) is 10.2. The number of hydrogen-bond acceptors (Lipinski definition) is 6. The molecule has 12 heteroatoms. The lowest BCUT2D eigenvalue weighted by Crippen LogP contribution is -2.49. The molecule has 0 unspecified atom stereocenters. The second-order valence-corrected chi connectivity index (χ2v) is 7.80. The summed E-state index contributed by atoms with van der Waals surface area (Å²) in [4.78, 5) is 14.0.